The van der Waals surface area contributed by atoms with Gasteiger partial charge < -0.3 is 14.5 Å². The maximum Gasteiger partial charge on any atom is 0.337 e. The predicted octanol–water partition coefficient (Wildman–Crippen LogP) is 3.08. The number of ether oxygens (including phenoxy) is 1. The number of benzene rings is 1. The molecule has 0 unspecified atom stereocenters. The number of carbonyl (C=O) groups excluding carboxylic acids is 3. The number of furan rings is 1. The van der Waals surface area contributed by atoms with Crippen LogP contribution in [0, 0.1) is 0 Å². The average molecular weight is 499 g/mol. The van der Waals surface area contributed by atoms with Gasteiger partial charge in [-0.25, -0.2) is 14.6 Å². The zero-order valence-corrected chi connectivity index (χ0v) is 20.1. The number of amides is 3. The molecule has 35 heavy (non-hydrogen) atoms. The number of urea groups is 1. The van der Waals surface area contributed by atoms with Crippen LogP contribution >= 0.6 is 11.8 Å². The van der Waals surface area contributed by atoms with E-state index in [1.54, 1.807) is 12.1 Å². The number of nitrogens with one attached hydrogen (secondary N) is 2. The molecule has 1 saturated carbocycles. The van der Waals surface area contributed by atoms with Crippen molar-refractivity contribution in [3.8, 4) is 0 Å². The first-order valence-electron chi connectivity index (χ1n) is 11.3. The first kappa shape index (κ1) is 24.5. The lowest BCUT2D eigenvalue weighted by molar-refractivity contribution is -0.117. The Bertz CT molecular complexity index is 1280. The Balaban J connectivity index is 1.54. The molecule has 0 bridgehead atoms. The number of fused-ring (bicyclic) bond motifs is 1. The molecule has 4 rings (SSSR count). The monoisotopic (exact) mass is 498 g/mol. The highest BCUT2D eigenvalue weighted by Crippen LogP contribution is 2.21. The lowest BCUT2D eigenvalue weighted by Gasteiger charge is -2.22. The van der Waals surface area contributed by atoms with Gasteiger partial charge in [-0.3, -0.25) is 19.5 Å². The van der Waals surface area contributed by atoms with Crippen LogP contribution in [-0.2, 0) is 16.1 Å². The van der Waals surface area contributed by atoms with Crippen molar-refractivity contribution < 1.29 is 23.5 Å². The van der Waals surface area contributed by atoms with Crippen LogP contribution in [0.2, 0.25) is 0 Å². The summed E-state index contributed by atoms with van der Waals surface area (Å²) >= 11 is 1.02. The van der Waals surface area contributed by atoms with Gasteiger partial charge in [0.1, 0.15) is 5.76 Å². The van der Waals surface area contributed by atoms with E-state index in [-0.39, 0.29) is 34.6 Å². The Labute approximate surface area is 205 Å². The highest BCUT2D eigenvalue weighted by Gasteiger charge is 2.19. The van der Waals surface area contributed by atoms with Crippen LogP contribution in [0.15, 0.2) is 51.0 Å². The number of hydrogen-bond acceptors (Lipinski definition) is 8. The summed E-state index contributed by atoms with van der Waals surface area (Å²) in [5.74, 6) is -0.653. The van der Waals surface area contributed by atoms with Gasteiger partial charge in [0.25, 0.3) is 5.56 Å². The molecule has 0 saturated heterocycles. The van der Waals surface area contributed by atoms with E-state index in [9.17, 15) is 19.2 Å². The fraction of sp³-hybridized carbons (Fsp3) is 0.375. The SMILES string of the molecule is COC(=O)c1ccc2c(=O)n(Cc3ccco3)c(SCC(=O)NC(=O)NC3CCCCC3)nc2c1. The third-order valence-electron chi connectivity index (χ3n) is 5.76. The number of imide groups is 1. The van der Waals surface area contributed by atoms with E-state index in [4.69, 9.17) is 9.15 Å². The van der Waals surface area contributed by atoms with E-state index >= 15 is 0 Å². The number of carbonyl (C=O) groups is 3. The second-order valence-corrected chi connectivity index (χ2v) is 9.18. The Hall–Kier alpha value is -3.60. The van der Waals surface area contributed by atoms with E-state index in [0.29, 0.717) is 16.7 Å². The van der Waals surface area contributed by atoms with E-state index in [2.05, 4.69) is 15.6 Å². The van der Waals surface area contributed by atoms with E-state index in [1.165, 1.54) is 36.1 Å². The van der Waals surface area contributed by atoms with Crippen LogP contribution in [0.3, 0.4) is 0 Å². The van der Waals surface area contributed by atoms with Gasteiger partial charge in [-0.1, -0.05) is 31.0 Å². The molecule has 2 aromatic heterocycles. The van der Waals surface area contributed by atoms with Crippen LogP contribution in [0.25, 0.3) is 10.9 Å². The van der Waals surface area contributed by atoms with Crippen LogP contribution in [0.1, 0.15) is 48.2 Å². The van der Waals surface area contributed by atoms with Crippen molar-refractivity contribution in [2.24, 2.45) is 0 Å². The molecular formula is C24H26N4O6S. The standard InChI is InChI=1S/C24H26N4O6S/c1-33-22(31)15-9-10-18-19(12-15)26-24(28(21(18)30)13-17-8-5-11-34-17)35-14-20(29)27-23(32)25-16-6-3-2-4-7-16/h5,8-12,16H,2-4,6-7,13-14H2,1H3,(H2,25,27,29,32). The minimum Gasteiger partial charge on any atom is -0.467 e. The highest BCUT2D eigenvalue weighted by atomic mass is 32.2. The average Bonchev–Trinajstić information content (AvgIpc) is 3.37. The zero-order chi connectivity index (χ0) is 24.8. The molecular weight excluding hydrogens is 472 g/mol. The maximum atomic E-state index is 13.3. The molecule has 0 radical (unpaired) electrons. The van der Waals surface area contributed by atoms with Crippen molar-refractivity contribution in [3.63, 3.8) is 0 Å². The molecule has 2 N–H and O–H groups in total. The van der Waals surface area contributed by atoms with Gasteiger partial charge in [0.2, 0.25) is 5.91 Å². The van der Waals surface area contributed by atoms with Crippen molar-refractivity contribution in [3.05, 3.63) is 58.3 Å². The van der Waals surface area contributed by atoms with Gasteiger partial charge in [0.05, 0.1) is 42.1 Å². The summed E-state index contributed by atoms with van der Waals surface area (Å²) < 4.78 is 11.5. The number of esters is 1. The molecule has 1 aliphatic carbocycles. The third-order valence-corrected chi connectivity index (χ3v) is 6.74. The van der Waals surface area contributed by atoms with Crippen molar-refractivity contribution in [1.82, 2.24) is 20.2 Å². The summed E-state index contributed by atoms with van der Waals surface area (Å²) in [6, 6.07) is 7.49. The molecule has 0 aliphatic heterocycles. The first-order chi connectivity index (χ1) is 16.9. The molecule has 1 fully saturated rings. The third kappa shape index (κ3) is 6.10. The second kappa shape index (κ2) is 11.2. The molecule has 1 aliphatic rings. The number of thioether (sulfide) groups is 1. The zero-order valence-electron chi connectivity index (χ0n) is 19.2. The Morgan fingerprint density at radius 1 is 1.20 bits per heavy atom. The minimum atomic E-state index is -0.550. The van der Waals surface area contributed by atoms with Gasteiger partial charge in [-0.05, 0) is 43.2 Å². The van der Waals surface area contributed by atoms with E-state index < -0.39 is 17.9 Å². The summed E-state index contributed by atoms with van der Waals surface area (Å²) in [6.07, 6.45) is 6.60. The lowest BCUT2D eigenvalue weighted by atomic mass is 9.96. The minimum absolute atomic E-state index is 0.0776. The van der Waals surface area contributed by atoms with Gasteiger partial charge in [-0.2, -0.15) is 0 Å². The van der Waals surface area contributed by atoms with Crippen LogP contribution in [0.5, 0.6) is 0 Å². The first-order valence-corrected chi connectivity index (χ1v) is 12.3. The molecule has 10 nitrogen and oxygen atoms in total. The van der Waals surface area contributed by atoms with Gasteiger partial charge >= 0.3 is 12.0 Å². The fourth-order valence-electron chi connectivity index (χ4n) is 4.01. The van der Waals surface area contributed by atoms with Gasteiger partial charge in [0, 0.05) is 6.04 Å². The van der Waals surface area contributed by atoms with Gasteiger partial charge in [-0.15, -0.1) is 0 Å². The van der Waals surface area contributed by atoms with Crippen molar-refractivity contribution in [2.75, 3.05) is 12.9 Å². The van der Waals surface area contributed by atoms with E-state index in [0.717, 1.165) is 43.9 Å². The number of methoxy groups -OCH3 is 1. The highest BCUT2D eigenvalue weighted by molar-refractivity contribution is 7.99. The molecule has 0 atom stereocenters. The molecule has 2 heterocycles. The topological polar surface area (TPSA) is 133 Å². The molecule has 1 aromatic carbocycles. The van der Waals surface area contributed by atoms with Crippen molar-refractivity contribution in [2.45, 2.75) is 49.8 Å². The predicted molar refractivity (Wildman–Crippen MR) is 129 cm³/mol. The number of aromatic nitrogens is 2. The molecule has 3 aromatic rings. The van der Waals surface area contributed by atoms with E-state index in [1.807, 2.05) is 0 Å². The van der Waals surface area contributed by atoms with Crippen molar-refractivity contribution >= 4 is 40.6 Å². The van der Waals surface area contributed by atoms with Crippen LogP contribution < -0.4 is 16.2 Å². The Kier molecular flexibility index (Phi) is 7.86. The van der Waals surface area contributed by atoms with Crippen LogP contribution in [0.4, 0.5) is 4.79 Å². The number of hydrogen-bond donors (Lipinski definition) is 2. The summed E-state index contributed by atoms with van der Waals surface area (Å²) in [6.45, 7) is 0.111. The molecule has 184 valence electrons. The summed E-state index contributed by atoms with van der Waals surface area (Å²) in [5, 5.41) is 5.74. The summed E-state index contributed by atoms with van der Waals surface area (Å²) in [4.78, 5) is 54.3. The largest absolute Gasteiger partial charge is 0.467 e. The maximum absolute atomic E-state index is 13.3. The lowest BCUT2D eigenvalue weighted by Crippen LogP contribution is -2.45. The van der Waals surface area contributed by atoms with Crippen LogP contribution in [-0.4, -0.2) is 46.4 Å². The smallest absolute Gasteiger partial charge is 0.337 e. The quantitative estimate of drug-likeness (QED) is 0.289. The molecule has 11 heteroatoms. The summed E-state index contributed by atoms with van der Waals surface area (Å²) in [5.41, 5.74) is 0.205. The normalized spacial score (nSPS) is 14.0. The van der Waals surface area contributed by atoms with Crippen molar-refractivity contribution in [1.29, 1.82) is 0 Å². The summed E-state index contributed by atoms with van der Waals surface area (Å²) in [7, 11) is 1.27. The fourth-order valence-corrected chi connectivity index (χ4v) is 4.81. The van der Waals surface area contributed by atoms with Gasteiger partial charge in [0.15, 0.2) is 5.16 Å². The molecule has 3 amide bonds. The molecule has 0 spiro atoms. The second-order valence-electron chi connectivity index (χ2n) is 8.23. The number of rotatable bonds is 7. The Morgan fingerprint density at radius 3 is 2.71 bits per heavy atom. The number of nitrogens with zero attached hydrogens (tertiary/aromatic N) is 2. The Morgan fingerprint density at radius 2 is 2.00 bits per heavy atom.